The highest BCUT2D eigenvalue weighted by molar-refractivity contribution is 8.01. The summed E-state index contributed by atoms with van der Waals surface area (Å²) >= 11 is 0.278. The number of amides is 1. The van der Waals surface area contributed by atoms with E-state index in [1.54, 1.807) is 30.3 Å². The van der Waals surface area contributed by atoms with Crippen LogP contribution < -0.4 is 5.32 Å². The number of thioether (sulfide) groups is 1. The van der Waals surface area contributed by atoms with Gasteiger partial charge in [0.1, 0.15) is 0 Å². The lowest BCUT2D eigenvalue weighted by Crippen LogP contribution is -2.38. The molecule has 0 radical (unpaired) electrons. The largest absolute Gasteiger partial charge is 0.374 e. The molecule has 1 N–H and O–H groups in total. The molecule has 1 aromatic carbocycles. The average molecular weight is 243 g/mol. The molecular weight excluding hydrogens is 232 g/mol. The minimum atomic E-state index is -3.40. The third kappa shape index (κ3) is 2.95. The Hall–Kier alpha value is -1.10. The summed E-state index contributed by atoms with van der Waals surface area (Å²) in [6, 6.07) is 8.14. The third-order valence-electron chi connectivity index (χ3n) is 2.17. The SMILES string of the molecule is O=C(NC1CC1)C(F)(F)Sc1ccccc1. The van der Waals surface area contributed by atoms with Crippen LogP contribution in [0.25, 0.3) is 0 Å². The Labute approximate surface area is 96.4 Å². The lowest BCUT2D eigenvalue weighted by atomic mass is 10.4. The van der Waals surface area contributed by atoms with E-state index in [4.69, 9.17) is 0 Å². The molecule has 1 saturated carbocycles. The Balaban J connectivity index is 1.98. The number of carbonyl (C=O) groups excluding carboxylic acids is 1. The topological polar surface area (TPSA) is 29.1 Å². The van der Waals surface area contributed by atoms with Gasteiger partial charge in [0.2, 0.25) is 0 Å². The van der Waals surface area contributed by atoms with Crippen molar-refractivity contribution < 1.29 is 13.6 Å². The Morgan fingerprint density at radius 1 is 1.31 bits per heavy atom. The maximum absolute atomic E-state index is 13.4. The van der Waals surface area contributed by atoms with Gasteiger partial charge in [-0.2, -0.15) is 8.78 Å². The van der Waals surface area contributed by atoms with E-state index in [1.165, 1.54) is 0 Å². The highest BCUT2D eigenvalue weighted by Gasteiger charge is 2.42. The maximum Gasteiger partial charge on any atom is 0.374 e. The maximum atomic E-state index is 13.4. The van der Waals surface area contributed by atoms with E-state index in [9.17, 15) is 13.6 Å². The molecule has 0 heterocycles. The summed E-state index contributed by atoms with van der Waals surface area (Å²) in [5.74, 6) is -1.19. The van der Waals surface area contributed by atoms with Crippen molar-refractivity contribution in [3.8, 4) is 0 Å². The highest BCUT2D eigenvalue weighted by Crippen LogP contribution is 2.36. The monoisotopic (exact) mass is 243 g/mol. The number of halogens is 2. The molecule has 0 unspecified atom stereocenters. The van der Waals surface area contributed by atoms with Crippen LogP contribution in [-0.2, 0) is 4.79 Å². The molecule has 0 atom stereocenters. The van der Waals surface area contributed by atoms with Crippen molar-refractivity contribution in [1.29, 1.82) is 0 Å². The van der Waals surface area contributed by atoms with Gasteiger partial charge >= 0.3 is 11.2 Å². The molecule has 1 aromatic rings. The van der Waals surface area contributed by atoms with E-state index in [0.29, 0.717) is 4.90 Å². The summed E-state index contributed by atoms with van der Waals surface area (Å²) < 4.78 is 26.9. The first-order valence-corrected chi connectivity index (χ1v) is 5.82. The smallest absolute Gasteiger partial charge is 0.347 e. The predicted molar refractivity (Wildman–Crippen MR) is 58.4 cm³/mol. The van der Waals surface area contributed by atoms with Crippen molar-refractivity contribution in [2.45, 2.75) is 29.0 Å². The molecule has 0 spiro atoms. The number of alkyl halides is 2. The first kappa shape index (κ1) is 11.4. The summed E-state index contributed by atoms with van der Waals surface area (Å²) in [6.45, 7) is 0. The zero-order valence-corrected chi connectivity index (χ0v) is 9.27. The summed E-state index contributed by atoms with van der Waals surface area (Å²) in [6.07, 6.45) is 1.61. The molecule has 1 aliphatic rings. The Bertz CT molecular complexity index is 379. The molecule has 0 aromatic heterocycles. The van der Waals surface area contributed by atoms with E-state index < -0.39 is 11.2 Å². The van der Waals surface area contributed by atoms with E-state index in [-0.39, 0.29) is 17.8 Å². The average Bonchev–Trinajstić information content (AvgIpc) is 3.02. The second-order valence-electron chi connectivity index (χ2n) is 3.68. The highest BCUT2D eigenvalue weighted by atomic mass is 32.2. The van der Waals surface area contributed by atoms with Crippen molar-refractivity contribution >= 4 is 17.7 Å². The predicted octanol–water partition coefficient (Wildman–Crippen LogP) is 2.65. The number of benzene rings is 1. The van der Waals surface area contributed by atoms with Gasteiger partial charge in [0.25, 0.3) is 0 Å². The van der Waals surface area contributed by atoms with Crippen LogP contribution in [0, 0.1) is 0 Å². The van der Waals surface area contributed by atoms with E-state index in [2.05, 4.69) is 5.32 Å². The Kier molecular flexibility index (Phi) is 3.14. The van der Waals surface area contributed by atoms with Crippen LogP contribution in [-0.4, -0.2) is 17.2 Å². The number of carbonyl (C=O) groups is 1. The van der Waals surface area contributed by atoms with Gasteiger partial charge in [-0.15, -0.1) is 0 Å². The van der Waals surface area contributed by atoms with E-state index >= 15 is 0 Å². The van der Waals surface area contributed by atoms with Crippen molar-refractivity contribution in [2.75, 3.05) is 0 Å². The molecule has 1 fully saturated rings. The molecule has 1 aliphatic carbocycles. The van der Waals surface area contributed by atoms with Gasteiger partial charge in [0, 0.05) is 10.9 Å². The van der Waals surface area contributed by atoms with Crippen LogP contribution in [0.1, 0.15) is 12.8 Å². The van der Waals surface area contributed by atoms with Gasteiger partial charge in [-0.25, -0.2) is 0 Å². The van der Waals surface area contributed by atoms with Gasteiger partial charge < -0.3 is 5.32 Å². The van der Waals surface area contributed by atoms with Gasteiger partial charge in [0.05, 0.1) is 0 Å². The van der Waals surface area contributed by atoms with Gasteiger partial charge in [-0.3, -0.25) is 4.79 Å². The van der Waals surface area contributed by atoms with Crippen molar-refractivity contribution in [3.63, 3.8) is 0 Å². The minimum absolute atomic E-state index is 0.0465. The quantitative estimate of drug-likeness (QED) is 0.824. The second kappa shape index (κ2) is 4.41. The molecule has 16 heavy (non-hydrogen) atoms. The molecule has 0 saturated heterocycles. The first-order valence-electron chi connectivity index (χ1n) is 5.01. The van der Waals surface area contributed by atoms with Gasteiger partial charge in [-0.1, -0.05) is 18.2 Å². The van der Waals surface area contributed by atoms with Crippen LogP contribution in [0.3, 0.4) is 0 Å². The van der Waals surface area contributed by atoms with Crippen LogP contribution >= 0.6 is 11.8 Å². The molecular formula is C11H11F2NOS. The lowest BCUT2D eigenvalue weighted by Gasteiger charge is -2.14. The molecule has 86 valence electrons. The first-order chi connectivity index (χ1) is 7.58. The van der Waals surface area contributed by atoms with Crippen LogP contribution in [0.4, 0.5) is 8.78 Å². The number of hydrogen-bond donors (Lipinski definition) is 1. The fraction of sp³-hybridized carbons (Fsp3) is 0.364. The molecule has 2 nitrogen and oxygen atoms in total. The summed E-state index contributed by atoms with van der Waals surface area (Å²) in [5, 5.41) is -1.09. The Morgan fingerprint density at radius 3 is 2.50 bits per heavy atom. The standard InChI is InChI=1S/C11H11F2NOS/c12-11(13,10(15)14-8-6-7-8)16-9-4-2-1-3-5-9/h1-5,8H,6-7H2,(H,14,15). The summed E-state index contributed by atoms with van der Waals surface area (Å²) in [5.41, 5.74) is 0. The molecule has 2 rings (SSSR count). The Morgan fingerprint density at radius 2 is 1.94 bits per heavy atom. The number of nitrogens with one attached hydrogen (secondary N) is 1. The lowest BCUT2D eigenvalue weighted by molar-refractivity contribution is -0.135. The number of rotatable bonds is 4. The van der Waals surface area contributed by atoms with Crippen molar-refractivity contribution in [3.05, 3.63) is 30.3 Å². The molecule has 0 aliphatic heterocycles. The fourth-order valence-corrected chi connectivity index (χ4v) is 1.92. The minimum Gasteiger partial charge on any atom is -0.347 e. The normalized spacial score (nSPS) is 15.9. The van der Waals surface area contributed by atoms with Gasteiger partial charge in [-0.05, 0) is 36.7 Å². The van der Waals surface area contributed by atoms with E-state index in [0.717, 1.165) is 12.8 Å². The van der Waals surface area contributed by atoms with Gasteiger partial charge in [0.15, 0.2) is 0 Å². The zero-order chi connectivity index (χ0) is 11.6. The van der Waals surface area contributed by atoms with Crippen LogP contribution in [0.5, 0.6) is 0 Å². The van der Waals surface area contributed by atoms with Crippen molar-refractivity contribution in [1.82, 2.24) is 5.32 Å². The van der Waals surface area contributed by atoms with Crippen molar-refractivity contribution in [2.24, 2.45) is 0 Å². The zero-order valence-electron chi connectivity index (χ0n) is 8.45. The molecule has 0 bridgehead atoms. The summed E-state index contributed by atoms with van der Waals surface area (Å²) in [4.78, 5) is 11.6. The fourth-order valence-electron chi connectivity index (χ4n) is 1.18. The second-order valence-corrected chi connectivity index (χ2v) is 4.87. The van der Waals surface area contributed by atoms with Crippen LogP contribution in [0.15, 0.2) is 35.2 Å². The molecule has 5 heteroatoms. The van der Waals surface area contributed by atoms with Crippen LogP contribution in [0.2, 0.25) is 0 Å². The third-order valence-corrected chi connectivity index (χ3v) is 3.12. The summed E-state index contributed by atoms with van der Waals surface area (Å²) in [7, 11) is 0. The number of hydrogen-bond acceptors (Lipinski definition) is 2. The van der Waals surface area contributed by atoms with E-state index in [1.807, 2.05) is 0 Å². The molecule has 1 amide bonds.